The Morgan fingerprint density at radius 2 is 2.18 bits per heavy atom. The topological polar surface area (TPSA) is 50.5 Å². The highest BCUT2D eigenvalue weighted by atomic mass is 16.5. The minimum Gasteiger partial charge on any atom is -0.403 e. The lowest BCUT2D eigenvalue weighted by Crippen LogP contribution is -2.46. The molecule has 2 atom stereocenters. The van der Waals surface area contributed by atoms with E-state index in [-0.39, 0.29) is 6.10 Å². The van der Waals surface area contributed by atoms with Crippen LogP contribution in [0.1, 0.15) is 40.0 Å². The van der Waals surface area contributed by atoms with Crippen LogP contribution in [0.4, 0.5) is 0 Å². The van der Waals surface area contributed by atoms with E-state index in [2.05, 4.69) is 43.1 Å². The number of rotatable bonds is 8. The van der Waals surface area contributed by atoms with E-state index in [1.165, 1.54) is 19.3 Å². The Labute approximate surface area is 135 Å². The lowest BCUT2D eigenvalue weighted by atomic mass is 9.93. The molecular weight excluding hydrogens is 274 g/mol. The first-order valence-electron chi connectivity index (χ1n) is 8.84. The fourth-order valence-corrected chi connectivity index (χ4v) is 2.98. The molecule has 126 valence electrons. The summed E-state index contributed by atoms with van der Waals surface area (Å²) < 4.78 is 5.87. The first-order valence-corrected chi connectivity index (χ1v) is 8.84. The maximum Gasteiger partial charge on any atom is 0.0874 e. The molecule has 0 spiro atoms. The molecule has 2 rings (SSSR count). The van der Waals surface area contributed by atoms with Gasteiger partial charge in [-0.1, -0.05) is 26.8 Å². The third-order valence-electron chi connectivity index (χ3n) is 4.73. The van der Waals surface area contributed by atoms with Gasteiger partial charge in [-0.2, -0.15) is 0 Å². The van der Waals surface area contributed by atoms with Gasteiger partial charge in [0, 0.05) is 31.9 Å². The third-order valence-corrected chi connectivity index (χ3v) is 4.73. The van der Waals surface area contributed by atoms with Crippen LogP contribution < -0.4 is 11.1 Å². The average Bonchev–Trinajstić information content (AvgIpc) is 3.34. The van der Waals surface area contributed by atoms with E-state index >= 15 is 0 Å². The predicted molar refractivity (Wildman–Crippen MR) is 92.4 cm³/mol. The van der Waals surface area contributed by atoms with E-state index < -0.39 is 0 Å². The standard InChI is InChI=1S/C18H33N3O/c1-4-15(14(2)3)5-8-17(11-19)21-9-10-22-18(13-21)12-20-16-6-7-16/h5,8,11,14-16,18,20H,4,6-7,9-10,12-13,19H2,1-3H3/b8-5-,17-11+/t15?,18-/m1/s1. The van der Waals surface area contributed by atoms with Crippen molar-refractivity contribution in [2.24, 2.45) is 17.6 Å². The second-order valence-corrected chi connectivity index (χ2v) is 6.89. The summed E-state index contributed by atoms with van der Waals surface area (Å²) in [5, 5.41) is 3.56. The first-order chi connectivity index (χ1) is 10.6. The normalized spacial score (nSPS) is 25.2. The van der Waals surface area contributed by atoms with Crippen molar-refractivity contribution in [1.29, 1.82) is 0 Å². The molecule has 2 aliphatic rings. The van der Waals surface area contributed by atoms with E-state index in [4.69, 9.17) is 10.5 Å². The van der Waals surface area contributed by atoms with Gasteiger partial charge in [-0.3, -0.25) is 0 Å². The van der Waals surface area contributed by atoms with Crippen molar-refractivity contribution >= 4 is 0 Å². The summed E-state index contributed by atoms with van der Waals surface area (Å²) in [6, 6.07) is 0.736. The monoisotopic (exact) mass is 307 g/mol. The van der Waals surface area contributed by atoms with Gasteiger partial charge in [-0.15, -0.1) is 0 Å². The molecule has 0 bridgehead atoms. The maximum atomic E-state index is 5.87. The summed E-state index contributed by atoms with van der Waals surface area (Å²) in [6.07, 6.45) is 10.3. The second-order valence-electron chi connectivity index (χ2n) is 6.89. The fourth-order valence-electron chi connectivity index (χ4n) is 2.98. The van der Waals surface area contributed by atoms with Crippen molar-refractivity contribution in [2.75, 3.05) is 26.2 Å². The van der Waals surface area contributed by atoms with E-state index in [0.29, 0.717) is 11.8 Å². The summed E-state index contributed by atoms with van der Waals surface area (Å²) in [4.78, 5) is 2.35. The van der Waals surface area contributed by atoms with Crippen molar-refractivity contribution in [3.8, 4) is 0 Å². The lowest BCUT2D eigenvalue weighted by molar-refractivity contribution is -0.0143. The Kier molecular flexibility index (Phi) is 6.77. The molecule has 22 heavy (non-hydrogen) atoms. The highest BCUT2D eigenvalue weighted by Gasteiger charge is 2.25. The van der Waals surface area contributed by atoms with Crippen LogP contribution in [0.15, 0.2) is 24.0 Å². The molecule has 1 saturated carbocycles. The molecule has 1 heterocycles. The molecule has 4 heteroatoms. The molecule has 0 amide bonds. The molecule has 4 nitrogen and oxygen atoms in total. The van der Waals surface area contributed by atoms with Gasteiger partial charge in [0.2, 0.25) is 0 Å². The number of nitrogens with zero attached hydrogens (tertiary/aromatic N) is 1. The highest BCUT2D eigenvalue weighted by molar-refractivity contribution is 5.18. The number of morpholine rings is 1. The summed E-state index contributed by atoms with van der Waals surface area (Å²) in [5.41, 5.74) is 7.00. The van der Waals surface area contributed by atoms with Crippen molar-refractivity contribution in [3.05, 3.63) is 24.0 Å². The van der Waals surface area contributed by atoms with E-state index in [9.17, 15) is 0 Å². The SMILES string of the molecule is CCC(/C=C\C(=C/N)N1CCO[C@H](CNC2CC2)C1)C(C)C. The van der Waals surface area contributed by atoms with Gasteiger partial charge in [0.15, 0.2) is 0 Å². The molecular formula is C18H33N3O. The molecule has 1 aliphatic carbocycles. The maximum absolute atomic E-state index is 5.87. The van der Waals surface area contributed by atoms with E-state index in [1.54, 1.807) is 6.20 Å². The van der Waals surface area contributed by atoms with Crippen LogP contribution in [0.3, 0.4) is 0 Å². The quantitative estimate of drug-likeness (QED) is 0.677. The smallest absolute Gasteiger partial charge is 0.0874 e. The molecule has 0 aromatic rings. The Morgan fingerprint density at radius 1 is 1.41 bits per heavy atom. The number of hydrogen-bond acceptors (Lipinski definition) is 4. The van der Waals surface area contributed by atoms with Crippen LogP contribution in [0.2, 0.25) is 0 Å². The van der Waals surface area contributed by atoms with Gasteiger partial charge >= 0.3 is 0 Å². The average molecular weight is 307 g/mol. The zero-order chi connectivity index (χ0) is 15.9. The number of nitrogens with two attached hydrogens (primary N) is 1. The van der Waals surface area contributed by atoms with Gasteiger partial charge < -0.3 is 20.7 Å². The van der Waals surface area contributed by atoms with Crippen LogP contribution in [0, 0.1) is 11.8 Å². The van der Waals surface area contributed by atoms with Crippen molar-refractivity contribution < 1.29 is 4.74 Å². The molecule has 3 N–H and O–H groups in total. The molecule has 0 aromatic heterocycles. The van der Waals surface area contributed by atoms with Crippen molar-refractivity contribution in [1.82, 2.24) is 10.2 Å². The fraction of sp³-hybridized carbons (Fsp3) is 0.778. The van der Waals surface area contributed by atoms with Crippen LogP contribution in [-0.4, -0.2) is 43.3 Å². The molecule has 1 saturated heterocycles. The number of hydrogen-bond donors (Lipinski definition) is 2. The van der Waals surface area contributed by atoms with E-state index in [1.807, 2.05) is 0 Å². The van der Waals surface area contributed by atoms with Gasteiger partial charge in [0.25, 0.3) is 0 Å². The zero-order valence-electron chi connectivity index (χ0n) is 14.4. The lowest BCUT2D eigenvalue weighted by Gasteiger charge is -2.35. The molecule has 1 unspecified atom stereocenters. The summed E-state index contributed by atoms with van der Waals surface area (Å²) in [6.45, 7) is 10.4. The highest BCUT2D eigenvalue weighted by Crippen LogP contribution is 2.20. The minimum atomic E-state index is 0.268. The Bertz CT molecular complexity index is 388. The predicted octanol–water partition coefficient (Wildman–Crippen LogP) is 2.48. The minimum absolute atomic E-state index is 0.268. The van der Waals surface area contributed by atoms with Crippen LogP contribution in [0.5, 0.6) is 0 Å². The van der Waals surface area contributed by atoms with Crippen molar-refractivity contribution in [3.63, 3.8) is 0 Å². The Morgan fingerprint density at radius 3 is 2.77 bits per heavy atom. The number of ether oxygens (including phenoxy) is 1. The van der Waals surface area contributed by atoms with Crippen LogP contribution in [0.25, 0.3) is 0 Å². The number of nitrogens with one attached hydrogen (secondary N) is 1. The largest absolute Gasteiger partial charge is 0.403 e. The molecule has 1 aliphatic heterocycles. The third kappa shape index (κ3) is 5.33. The Hall–Kier alpha value is -1.00. The number of allylic oxidation sites excluding steroid dienone is 2. The first kappa shape index (κ1) is 17.4. The van der Waals surface area contributed by atoms with Crippen molar-refractivity contribution in [2.45, 2.75) is 52.2 Å². The summed E-state index contributed by atoms with van der Waals surface area (Å²) >= 11 is 0. The van der Waals surface area contributed by atoms with Crippen LogP contribution in [-0.2, 0) is 4.74 Å². The van der Waals surface area contributed by atoms with Gasteiger partial charge in [0.1, 0.15) is 0 Å². The Balaban J connectivity index is 1.87. The summed E-state index contributed by atoms with van der Waals surface area (Å²) in [7, 11) is 0. The van der Waals surface area contributed by atoms with Crippen LogP contribution >= 0.6 is 0 Å². The van der Waals surface area contributed by atoms with E-state index in [0.717, 1.165) is 38.0 Å². The zero-order valence-corrected chi connectivity index (χ0v) is 14.4. The van der Waals surface area contributed by atoms with Gasteiger partial charge in [0.05, 0.1) is 18.4 Å². The molecule has 0 aromatic carbocycles. The second kappa shape index (κ2) is 8.59. The van der Waals surface area contributed by atoms with Gasteiger partial charge in [-0.25, -0.2) is 0 Å². The molecule has 2 fully saturated rings. The van der Waals surface area contributed by atoms with Gasteiger partial charge in [-0.05, 0) is 37.2 Å². The summed E-state index contributed by atoms with van der Waals surface area (Å²) in [5.74, 6) is 1.28. The molecule has 0 radical (unpaired) electrons.